The number of aliphatic hydroxyl groups excluding tert-OH is 1. The highest BCUT2D eigenvalue weighted by Gasteiger charge is 2.34. The van der Waals surface area contributed by atoms with Gasteiger partial charge in [0.15, 0.2) is 10.9 Å². The van der Waals surface area contributed by atoms with Gasteiger partial charge in [-0.25, -0.2) is 0 Å². The van der Waals surface area contributed by atoms with Crippen LogP contribution in [0.15, 0.2) is 16.4 Å². The van der Waals surface area contributed by atoms with E-state index in [-0.39, 0.29) is 27.6 Å². The minimum Gasteiger partial charge on any atom is -0.511 e. The number of thiocarbonyl (C=S) groups is 1. The maximum Gasteiger partial charge on any atom is 0.184 e. The first kappa shape index (κ1) is 13.6. The number of nitrogens with one attached hydrogen (secondary N) is 1. The molecule has 0 spiro atoms. The Bertz CT molecular complexity index is 424. The van der Waals surface area contributed by atoms with E-state index in [4.69, 9.17) is 5.73 Å². The largest absolute Gasteiger partial charge is 0.511 e. The number of aliphatic hydroxyl groups is 1. The summed E-state index contributed by atoms with van der Waals surface area (Å²) in [5.41, 5.74) is 8.10. The lowest BCUT2D eigenvalue weighted by molar-refractivity contribution is -0.117. The Morgan fingerprint density at radius 2 is 2.12 bits per heavy atom. The van der Waals surface area contributed by atoms with Crippen LogP contribution in [0.3, 0.4) is 0 Å². The second-order valence-electron chi connectivity index (χ2n) is 4.94. The minimum atomic E-state index is -0.207. The Balaban J connectivity index is 3.00. The summed E-state index contributed by atoms with van der Waals surface area (Å²) >= 11 is 4.61. The van der Waals surface area contributed by atoms with Crippen molar-refractivity contribution in [1.29, 1.82) is 0 Å². The van der Waals surface area contributed by atoms with Gasteiger partial charge in [0.05, 0.1) is 11.3 Å². The molecule has 0 radical (unpaired) electrons. The number of carbonyl (C=O) groups excluding carboxylic acids is 1. The Morgan fingerprint density at radius 1 is 1.53 bits per heavy atom. The van der Waals surface area contributed by atoms with Gasteiger partial charge in [-0.1, -0.05) is 13.8 Å². The van der Waals surface area contributed by atoms with Gasteiger partial charge in [-0.05, 0) is 24.6 Å². The summed E-state index contributed by atoms with van der Waals surface area (Å²) in [7, 11) is 0. The number of Topliss-reactive ketones (excluding diaryl/α,β-unsaturated/α-hetero) is 1. The summed E-state index contributed by atoms with van der Waals surface area (Å²) in [6, 6.07) is 0. The average Bonchev–Trinajstić information content (AvgIpc) is 2.11. The van der Waals surface area contributed by atoms with Crippen LogP contribution in [0, 0.1) is 5.41 Å². The number of nitrogens with zero attached hydrogens (tertiary/aromatic N) is 1. The third kappa shape index (κ3) is 3.52. The van der Waals surface area contributed by atoms with Crippen molar-refractivity contribution in [2.24, 2.45) is 16.3 Å². The van der Waals surface area contributed by atoms with Crippen molar-refractivity contribution < 1.29 is 9.90 Å². The van der Waals surface area contributed by atoms with E-state index in [0.29, 0.717) is 18.6 Å². The molecule has 1 aliphatic carbocycles. The van der Waals surface area contributed by atoms with Gasteiger partial charge in [-0.15, -0.1) is 0 Å². The molecule has 0 atom stereocenters. The SMILES string of the molecule is C/C(=N\NC(N)=S)C1=C(O)CC(C)(C)CC1=O. The fraction of sp³-hybridized carbons (Fsp3) is 0.545. The van der Waals surface area contributed by atoms with Crippen LogP contribution in [0.2, 0.25) is 0 Å². The average molecular weight is 255 g/mol. The molecule has 6 heteroatoms. The van der Waals surface area contributed by atoms with Gasteiger partial charge in [0.2, 0.25) is 0 Å². The number of hydrogen-bond acceptors (Lipinski definition) is 4. The lowest BCUT2D eigenvalue weighted by Gasteiger charge is -2.29. The maximum absolute atomic E-state index is 11.9. The van der Waals surface area contributed by atoms with E-state index >= 15 is 0 Å². The van der Waals surface area contributed by atoms with E-state index < -0.39 is 0 Å². The van der Waals surface area contributed by atoms with Gasteiger partial charge in [-0.2, -0.15) is 5.10 Å². The van der Waals surface area contributed by atoms with Crippen molar-refractivity contribution >= 4 is 28.8 Å². The molecule has 0 fully saturated rings. The fourth-order valence-electron chi connectivity index (χ4n) is 1.89. The molecule has 4 N–H and O–H groups in total. The van der Waals surface area contributed by atoms with Gasteiger partial charge < -0.3 is 10.8 Å². The smallest absolute Gasteiger partial charge is 0.184 e. The Hall–Kier alpha value is -1.43. The summed E-state index contributed by atoms with van der Waals surface area (Å²) in [6.07, 6.45) is 0.861. The van der Waals surface area contributed by atoms with E-state index in [1.54, 1.807) is 6.92 Å². The number of rotatable bonds is 2. The molecule has 5 nitrogen and oxygen atoms in total. The topological polar surface area (TPSA) is 87.7 Å². The Morgan fingerprint density at radius 3 is 2.59 bits per heavy atom. The molecule has 1 aliphatic rings. The van der Waals surface area contributed by atoms with Crippen molar-refractivity contribution in [2.75, 3.05) is 0 Å². The quantitative estimate of drug-likeness (QED) is 0.394. The number of allylic oxidation sites excluding steroid dienone is 2. The molecule has 0 heterocycles. The monoisotopic (exact) mass is 255 g/mol. The lowest BCUT2D eigenvalue weighted by Crippen LogP contribution is -2.30. The molecule has 0 unspecified atom stereocenters. The normalized spacial score (nSPS) is 20.4. The molecule has 0 saturated heterocycles. The molecule has 0 aromatic heterocycles. The molecule has 0 aliphatic heterocycles. The second kappa shape index (κ2) is 4.83. The first-order chi connectivity index (χ1) is 7.73. The predicted octanol–water partition coefficient (Wildman–Crippen LogP) is 1.40. The zero-order valence-corrected chi connectivity index (χ0v) is 11.0. The van der Waals surface area contributed by atoms with Crippen molar-refractivity contribution in [2.45, 2.75) is 33.6 Å². The summed E-state index contributed by atoms with van der Waals surface area (Å²) in [5.74, 6) is -0.0259. The minimum absolute atomic E-state index is 0.0213. The lowest BCUT2D eigenvalue weighted by atomic mass is 9.76. The van der Waals surface area contributed by atoms with Gasteiger partial charge in [0.1, 0.15) is 5.76 Å². The van der Waals surface area contributed by atoms with Crippen molar-refractivity contribution in [3.8, 4) is 0 Å². The van der Waals surface area contributed by atoms with E-state index in [0.717, 1.165) is 0 Å². The van der Waals surface area contributed by atoms with E-state index in [2.05, 4.69) is 22.7 Å². The van der Waals surface area contributed by atoms with Crippen molar-refractivity contribution in [1.82, 2.24) is 5.43 Å². The number of hydrogen-bond donors (Lipinski definition) is 3. The van der Waals surface area contributed by atoms with E-state index in [1.165, 1.54) is 0 Å². The summed E-state index contributed by atoms with van der Waals surface area (Å²) in [5, 5.41) is 13.8. The van der Waals surface area contributed by atoms with E-state index in [1.807, 2.05) is 13.8 Å². The zero-order chi connectivity index (χ0) is 13.2. The molecular formula is C11H17N3O2S. The van der Waals surface area contributed by atoms with Gasteiger partial charge in [0.25, 0.3) is 0 Å². The molecule has 1 rings (SSSR count). The Kier molecular flexibility index (Phi) is 3.87. The molecule has 0 aromatic rings. The fourth-order valence-corrected chi connectivity index (χ4v) is 1.94. The number of carbonyl (C=O) groups is 1. The molecule has 0 amide bonds. The third-order valence-corrected chi connectivity index (χ3v) is 2.64. The zero-order valence-electron chi connectivity index (χ0n) is 10.2. The summed E-state index contributed by atoms with van der Waals surface area (Å²) in [4.78, 5) is 11.9. The summed E-state index contributed by atoms with van der Waals surface area (Å²) < 4.78 is 0. The molecular weight excluding hydrogens is 238 g/mol. The highest BCUT2D eigenvalue weighted by Crippen LogP contribution is 2.35. The Labute approximate surface area is 106 Å². The number of nitrogens with two attached hydrogens (primary N) is 1. The number of ketones is 1. The van der Waals surface area contributed by atoms with Crippen LogP contribution in [0.5, 0.6) is 0 Å². The standard InChI is InChI=1S/C11H17N3O2S/c1-6(13-14-10(12)17)9-7(15)4-11(2,3)5-8(9)16/h15H,4-5H2,1-3H3,(H3,12,14,17)/b13-6+. The van der Waals surface area contributed by atoms with Crippen LogP contribution in [-0.4, -0.2) is 21.7 Å². The first-order valence-electron chi connectivity index (χ1n) is 5.28. The van der Waals surface area contributed by atoms with Crippen LogP contribution in [0.1, 0.15) is 33.6 Å². The van der Waals surface area contributed by atoms with Crippen molar-refractivity contribution in [3.63, 3.8) is 0 Å². The maximum atomic E-state index is 11.9. The molecule has 17 heavy (non-hydrogen) atoms. The third-order valence-electron chi connectivity index (χ3n) is 2.55. The molecule has 0 bridgehead atoms. The second-order valence-corrected chi connectivity index (χ2v) is 5.38. The highest BCUT2D eigenvalue weighted by molar-refractivity contribution is 7.80. The first-order valence-corrected chi connectivity index (χ1v) is 5.69. The van der Waals surface area contributed by atoms with Gasteiger partial charge in [-0.3, -0.25) is 10.2 Å². The molecule has 94 valence electrons. The molecule has 0 saturated carbocycles. The van der Waals surface area contributed by atoms with Crippen LogP contribution in [-0.2, 0) is 4.79 Å². The van der Waals surface area contributed by atoms with Crippen LogP contribution in [0.4, 0.5) is 0 Å². The van der Waals surface area contributed by atoms with Crippen LogP contribution < -0.4 is 11.2 Å². The predicted molar refractivity (Wildman–Crippen MR) is 70.7 cm³/mol. The van der Waals surface area contributed by atoms with Crippen LogP contribution >= 0.6 is 12.2 Å². The number of hydrazone groups is 1. The van der Waals surface area contributed by atoms with Crippen LogP contribution in [0.25, 0.3) is 0 Å². The molecule has 0 aromatic carbocycles. The van der Waals surface area contributed by atoms with Gasteiger partial charge >= 0.3 is 0 Å². The highest BCUT2D eigenvalue weighted by atomic mass is 32.1. The van der Waals surface area contributed by atoms with Crippen molar-refractivity contribution in [3.05, 3.63) is 11.3 Å². The van der Waals surface area contributed by atoms with Gasteiger partial charge in [0, 0.05) is 12.8 Å². The summed E-state index contributed by atoms with van der Waals surface area (Å²) in [6.45, 7) is 5.52. The van der Waals surface area contributed by atoms with E-state index in [9.17, 15) is 9.90 Å².